The molecular formula is C10H18N2O2. The maximum Gasteiger partial charge on any atom is 0.320 e. The highest BCUT2D eigenvalue weighted by atomic mass is 16.5. The molecule has 0 heterocycles. The van der Waals surface area contributed by atoms with Crippen LogP contribution in [0.15, 0.2) is 0 Å². The lowest BCUT2D eigenvalue weighted by Gasteiger charge is -2.24. The summed E-state index contributed by atoms with van der Waals surface area (Å²) in [7, 11) is 0. The van der Waals surface area contributed by atoms with Crippen LogP contribution in [0, 0.1) is 11.3 Å². The molecule has 0 spiro atoms. The summed E-state index contributed by atoms with van der Waals surface area (Å²) in [6, 6.07) is 2.20. The number of esters is 1. The fourth-order valence-corrected chi connectivity index (χ4v) is 1.21. The molecule has 0 bridgehead atoms. The maximum absolute atomic E-state index is 11.2. The second-order valence-electron chi connectivity index (χ2n) is 3.08. The van der Waals surface area contributed by atoms with Gasteiger partial charge in [-0.1, -0.05) is 6.92 Å². The summed E-state index contributed by atoms with van der Waals surface area (Å²) in [4.78, 5) is 13.1. The van der Waals surface area contributed by atoms with E-state index in [0.717, 1.165) is 6.54 Å². The van der Waals surface area contributed by atoms with E-state index in [0.29, 0.717) is 13.0 Å². The fraction of sp³-hybridized carbons (Fsp3) is 0.800. The highest BCUT2D eigenvalue weighted by Gasteiger charge is 2.15. The van der Waals surface area contributed by atoms with Gasteiger partial charge in [0.1, 0.15) is 0 Å². The zero-order valence-electron chi connectivity index (χ0n) is 9.12. The Morgan fingerprint density at radius 3 is 2.64 bits per heavy atom. The third-order valence-corrected chi connectivity index (χ3v) is 2.05. The first-order valence-corrected chi connectivity index (χ1v) is 4.92. The predicted octanol–water partition coefficient (Wildman–Crippen LogP) is 1.17. The first-order chi connectivity index (χ1) is 6.65. The highest BCUT2D eigenvalue weighted by Crippen LogP contribution is 2.02. The number of nitrogens with zero attached hydrogens (tertiary/aromatic N) is 2. The molecular weight excluding hydrogens is 180 g/mol. The Balaban J connectivity index is 4.02. The van der Waals surface area contributed by atoms with Gasteiger partial charge in [0.05, 0.1) is 25.6 Å². The molecule has 80 valence electrons. The molecule has 0 aromatic rings. The lowest BCUT2D eigenvalue weighted by atomic mass is 10.2. The van der Waals surface area contributed by atoms with Crippen LogP contribution in [0.4, 0.5) is 0 Å². The van der Waals surface area contributed by atoms with E-state index in [1.54, 1.807) is 6.92 Å². The van der Waals surface area contributed by atoms with Crippen molar-refractivity contribution in [2.45, 2.75) is 33.2 Å². The Kier molecular flexibility index (Phi) is 6.77. The number of hydrogen-bond donors (Lipinski definition) is 0. The molecule has 0 aliphatic heterocycles. The van der Waals surface area contributed by atoms with Crippen LogP contribution >= 0.6 is 0 Å². The van der Waals surface area contributed by atoms with E-state index in [2.05, 4.69) is 6.07 Å². The van der Waals surface area contributed by atoms with Crippen LogP contribution in [0.1, 0.15) is 27.2 Å². The second-order valence-corrected chi connectivity index (χ2v) is 3.08. The zero-order chi connectivity index (χ0) is 11.0. The summed E-state index contributed by atoms with van der Waals surface area (Å²) < 4.78 is 4.84. The summed E-state index contributed by atoms with van der Waals surface area (Å²) in [5.41, 5.74) is 0. The lowest BCUT2D eigenvalue weighted by molar-refractivity contribution is -0.144. The van der Waals surface area contributed by atoms with E-state index in [9.17, 15) is 4.79 Å². The van der Waals surface area contributed by atoms with Crippen molar-refractivity contribution in [3.8, 4) is 6.07 Å². The highest BCUT2D eigenvalue weighted by molar-refractivity contribution is 5.71. The number of nitriles is 1. The van der Waals surface area contributed by atoms with Gasteiger partial charge in [-0.2, -0.15) is 5.26 Å². The van der Waals surface area contributed by atoms with Gasteiger partial charge in [0.25, 0.3) is 0 Å². The van der Waals surface area contributed by atoms with Crippen molar-refractivity contribution in [1.29, 1.82) is 5.26 Å². The first kappa shape index (κ1) is 12.9. The van der Waals surface area contributed by atoms with E-state index >= 15 is 0 Å². The molecule has 0 aromatic heterocycles. The quantitative estimate of drug-likeness (QED) is 0.601. The van der Waals surface area contributed by atoms with E-state index < -0.39 is 0 Å². The molecule has 0 aromatic carbocycles. The van der Waals surface area contributed by atoms with Gasteiger partial charge in [-0.05, 0) is 20.4 Å². The minimum absolute atomic E-state index is 0.106. The molecule has 0 saturated heterocycles. The molecule has 14 heavy (non-hydrogen) atoms. The minimum Gasteiger partial charge on any atom is -0.465 e. The number of carbonyl (C=O) groups excluding carboxylic acids is 1. The maximum atomic E-state index is 11.2. The van der Waals surface area contributed by atoms with E-state index in [-0.39, 0.29) is 18.6 Å². The Labute approximate surface area is 85.5 Å². The average molecular weight is 198 g/mol. The topological polar surface area (TPSA) is 53.3 Å². The van der Waals surface area contributed by atoms with Crippen molar-refractivity contribution in [1.82, 2.24) is 4.90 Å². The molecule has 0 fully saturated rings. The van der Waals surface area contributed by atoms with Gasteiger partial charge in [-0.15, -0.1) is 0 Å². The molecule has 4 nitrogen and oxygen atoms in total. The predicted molar refractivity (Wildman–Crippen MR) is 53.6 cm³/mol. The Morgan fingerprint density at radius 2 is 2.21 bits per heavy atom. The molecule has 1 atom stereocenters. The Morgan fingerprint density at radius 1 is 1.57 bits per heavy atom. The van der Waals surface area contributed by atoms with Gasteiger partial charge in [-0.25, -0.2) is 0 Å². The van der Waals surface area contributed by atoms with Crippen molar-refractivity contribution < 1.29 is 9.53 Å². The summed E-state index contributed by atoms with van der Waals surface area (Å²) in [5, 5.41) is 8.53. The van der Waals surface area contributed by atoms with Gasteiger partial charge in [0.15, 0.2) is 0 Å². The van der Waals surface area contributed by atoms with Crippen LogP contribution < -0.4 is 0 Å². The largest absolute Gasteiger partial charge is 0.465 e. The van der Waals surface area contributed by atoms with Crippen LogP contribution in [0.5, 0.6) is 0 Å². The molecule has 1 unspecified atom stereocenters. The molecule has 0 aliphatic rings. The number of carbonyl (C=O) groups is 1. The average Bonchev–Trinajstić information content (AvgIpc) is 2.15. The van der Waals surface area contributed by atoms with Crippen molar-refractivity contribution in [3.05, 3.63) is 0 Å². The summed E-state index contributed by atoms with van der Waals surface area (Å²) in [6.45, 7) is 7.11. The van der Waals surface area contributed by atoms with Gasteiger partial charge >= 0.3 is 5.97 Å². The van der Waals surface area contributed by atoms with Crippen molar-refractivity contribution in [3.63, 3.8) is 0 Å². The van der Waals surface area contributed by atoms with Gasteiger partial charge in [-0.3, -0.25) is 9.69 Å². The molecule has 0 radical (unpaired) electrons. The molecule has 0 amide bonds. The monoisotopic (exact) mass is 198 g/mol. The van der Waals surface area contributed by atoms with Crippen LogP contribution in [-0.2, 0) is 9.53 Å². The smallest absolute Gasteiger partial charge is 0.320 e. The van der Waals surface area contributed by atoms with Crippen molar-refractivity contribution >= 4 is 5.97 Å². The molecule has 0 N–H and O–H groups in total. The molecule has 0 rings (SSSR count). The van der Waals surface area contributed by atoms with Gasteiger partial charge < -0.3 is 4.74 Å². The molecule has 0 saturated carbocycles. The van der Waals surface area contributed by atoms with E-state index in [4.69, 9.17) is 10.00 Å². The van der Waals surface area contributed by atoms with Crippen LogP contribution in [0.2, 0.25) is 0 Å². The van der Waals surface area contributed by atoms with Crippen LogP contribution in [0.25, 0.3) is 0 Å². The summed E-state index contributed by atoms with van der Waals surface area (Å²) >= 11 is 0. The van der Waals surface area contributed by atoms with Gasteiger partial charge in [0.2, 0.25) is 0 Å². The SMILES string of the molecule is CCOC(=O)CN(CC)C(C)CC#N. The van der Waals surface area contributed by atoms with Crippen molar-refractivity contribution in [2.24, 2.45) is 0 Å². The standard InChI is InChI=1S/C10H18N2O2/c1-4-12(9(3)6-7-11)8-10(13)14-5-2/h9H,4-6,8H2,1-3H3. The third kappa shape index (κ3) is 4.83. The summed E-state index contributed by atoms with van der Waals surface area (Å²) in [6.07, 6.45) is 0.438. The molecule has 4 heteroatoms. The fourth-order valence-electron chi connectivity index (χ4n) is 1.21. The lowest BCUT2D eigenvalue weighted by Crippen LogP contribution is -2.37. The second kappa shape index (κ2) is 7.34. The van der Waals surface area contributed by atoms with Crippen LogP contribution in [0.3, 0.4) is 0 Å². The Bertz CT molecular complexity index is 211. The Hall–Kier alpha value is -1.08. The minimum atomic E-state index is -0.223. The zero-order valence-corrected chi connectivity index (χ0v) is 9.12. The van der Waals surface area contributed by atoms with Crippen molar-refractivity contribution in [2.75, 3.05) is 19.7 Å². The van der Waals surface area contributed by atoms with E-state index in [1.165, 1.54) is 0 Å². The number of likely N-dealkylation sites (N-methyl/N-ethyl adjacent to an activating group) is 1. The first-order valence-electron chi connectivity index (χ1n) is 4.92. The summed E-state index contributed by atoms with van der Waals surface area (Å²) in [5.74, 6) is -0.223. The van der Waals surface area contributed by atoms with Gasteiger partial charge in [0, 0.05) is 6.04 Å². The van der Waals surface area contributed by atoms with Crippen LogP contribution in [-0.4, -0.2) is 36.6 Å². The third-order valence-electron chi connectivity index (χ3n) is 2.05. The van der Waals surface area contributed by atoms with E-state index in [1.807, 2.05) is 18.7 Å². The number of rotatable bonds is 6. The number of hydrogen-bond acceptors (Lipinski definition) is 4. The molecule has 0 aliphatic carbocycles. The normalized spacial score (nSPS) is 12.2. The number of ether oxygens (including phenoxy) is 1.